The molecule has 0 aliphatic carbocycles. The summed E-state index contributed by atoms with van der Waals surface area (Å²) < 4.78 is 1.96. The van der Waals surface area contributed by atoms with Crippen LogP contribution in [0.4, 0.5) is 11.5 Å². The molecule has 4 aromatic rings. The fourth-order valence-corrected chi connectivity index (χ4v) is 2.81. The van der Waals surface area contributed by atoms with Gasteiger partial charge in [0.05, 0.1) is 5.69 Å². The number of halogens is 1. The standard InChI is InChI=1S/C20H15ClN4/c1-14-6-5-13-25-19(14)22-18(15-9-11-16(21)12-10-15)20(25)24-23-17-7-3-2-4-8-17/h2-13H,1H3. The molecular formula is C20H15ClN4. The van der Waals surface area contributed by atoms with E-state index in [4.69, 9.17) is 16.6 Å². The SMILES string of the molecule is Cc1cccn2c(N=Nc3ccccc3)c(-c3ccc(Cl)cc3)nc12. The normalized spacial score (nSPS) is 11.4. The van der Waals surface area contributed by atoms with Crippen LogP contribution in [0.1, 0.15) is 5.56 Å². The third-order valence-electron chi connectivity index (χ3n) is 3.95. The van der Waals surface area contributed by atoms with E-state index in [1.165, 1.54) is 0 Å². The van der Waals surface area contributed by atoms with Crippen LogP contribution in [0.5, 0.6) is 0 Å². The average molecular weight is 347 g/mol. The molecule has 0 amide bonds. The summed E-state index contributed by atoms with van der Waals surface area (Å²) in [5, 5.41) is 9.56. The molecule has 2 aromatic heterocycles. The van der Waals surface area contributed by atoms with Crippen LogP contribution in [-0.4, -0.2) is 9.38 Å². The topological polar surface area (TPSA) is 42.0 Å². The molecule has 0 aliphatic heterocycles. The van der Waals surface area contributed by atoms with Crippen LogP contribution in [0.15, 0.2) is 83.2 Å². The molecule has 122 valence electrons. The van der Waals surface area contributed by atoms with Crippen LogP contribution in [-0.2, 0) is 0 Å². The Morgan fingerprint density at radius 3 is 2.40 bits per heavy atom. The van der Waals surface area contributed by atoms with E-state index in [-0.39, 0.29) is 0 Å². The number of imidazole rings is 1. The van der Waals surface area contributed by atoms with Gasteiger partial charge in [-0.2, -0.15) is 0 Å². The largest absolute Gasteiger partial charge is 0.282 e. The predicted molar refractivity (Wildman–Crippen MR) is 101 cm³/mol. The molecule has 0 fully saturated rings. The van der Waals surface area contributed by atoms with E-state index in [0.717, 1.165) is 28.2 Å². The van der Waals surface area contributed by atoms with Crippen LogP contribution in [0.3, 0.4) is 0 Å². The number of benzene rings is 2. The first-order valence-electron chi connectivity index (χ1n) is 7.93. The Morgan fingerprint density at radius 2 is 1.64 bits per heavy atom. The predicted octanol–water partition coefficient (Wildman–Crippen LogP) is 6.38. The molecule has 0 saturated heterocycles. The van der Waals surface area contributed by atoms with Crippen molar-refractivity contribution in [3.05, 3.63) is 83.5 Å². The third kappa shape index (κ3) is 3.04. The molecule has 0 spiro atoms. The number of hydrogen-bond acceptors (Lipinski definition) is 3. The van der Waals surface area contributed by atoms with Gasteiger partial charge in [-0.05, 0) is 42.8 Å². The highest BCUT2D eigenvalue weighted by molar-refractivity contribution is 6.30. The summed E-state index contributed by atoms with van der Waals surface area (Å²) in [5.41, 5.74) is 4.49. The van der Waals surface area contributed by atoms with Gasteiger partial charge in [0.2, 0.25) is 0 Å². The van der Waals surface area contributed by atoms with Gasteiger partial charge in [-0.25, -0.2) is 4.98 Å². The lowest BCUT2D eigenvalue weighted by atomic mass is 10.1. The van der Waals surface area contributed by atoms with Crippen molar-refractivity contribution in [3.63, 3.8) is 0 Å². The lowest BCUT2D eigenvalue weighted by Crippen LogP contribution is -1.85. The molecule has 5 heteroatoms. The summed E-state index contributed by atoms with van der Waals surface area (Å²) in [6.45, 7) is 2.03. The summed E-state index contributed by atoms with van der Waals surface area (Å²) >= 11 is 6.02. The first-order chi connectivity index (χ1) is 12.2. The minimum absolute atomic E-state index is 0.691. The van der Waals surface area contributed by atoms with Gasteiger partial charge in [-0.3, -0.25) is 4.40 Å². The Bertz CT molecular complexity index is 1050. The van der Waals surface area contributed by atoms with Gasteiger partial charge >= 0.3 is 0 Å². The summed E-state index contributed by atoms with van der Waals surface area (Å²) in [6.07, 6.45) is 1.95. The maximum absolute atomic E-state index is 6.02. The van der Waals surface area contributed by atoms with Gasteiger partial charge in [0.15, 0.2) is 5.82 Å². The van der Waals surface area contributed by atoms with Crippen molar-refractivity contribution in [1.29, 1.82) is 0 Å². The van der Waals surface area contributed by atoms with Gasteiger partial charge in [0.1, 0.15) is 11.3 Å². The molecule has 0 bridgehead atoms. The van der Waals surface area contributed by atoms with Crippen LogP contribution >= 0.6 is 11.6 Å². The fraction of sp³-hybridized carbons (Fsp3) is 0.0500. The highest BCUT2D eigenvalue weighted by atomic mass is 35.5. The number of hydrogen-bond donors (Lipinski definition) is 0. The third-order valence-corrected chi connectivity index (χ3v) is 4.21. The number of aromatic nitrogens is 2. The number of fused-ring (bicyclic) bond motifs is 1. The first-order valence-corrected chi connectivity index (χ1v) is 8.30. The van der Waals surface area contributed by atoms with E-state index >= 15 is 0 Å². The van der Waals surface area contributed by atoms with Crippen LogP contribution < -0.4 is 0 Å². The highest BCUT2D eigenvalue weighted by Gasteiger charge is 2.15. The second kappa shape index (κ2) is 6.49. The molecule has 25 heavy (non-hydrogen) atoms. The van der Waals surface area contributed by atoms with Crippen molar-refractivity contribution in [2.24, 2.45) is 10.2 Å². The Kier molecular flexibility index (Phi) is 4.04. The van der Waals surface area contributed by atoms with E-state index < -0.39 is 0 Å². The molecule has 0 N–H and O–H groups in total. The molecule has 2 aromatic carbocycles. The average Bonchev–Trinajstić information content (AvgIpc) is 3.01. The summed E-state index contributed by atoms with van der Waals surface area (Å²) in [4.78, 5) is 4.79. The number of aryl methyl sites for hydroxylation is 1. The molecule has 0 aliphatic rings. The van der Waals surface area contributed by atoms with E-state index in [2.05, 4.69) is 10.2 Å². The van der Waals surface area contributed by atoms with Gasteiger partial charge in [-0.1, -0.05) is 48.0 Å². The molecule has 0 saturated carbocycles. The molecule has 4 rings (SSSR count). The van der Waals surface area contributed by atoms with Gasteiger partial charge in [0.25, 0.3) is 0 Å². The minimum Gasteiger partial charge on any atom is -0.282 e. The first kappa shape index (κ1) is 15.5. The van der Waals surface area contributed by atoms with Gasteiger partial charge < -0.3 is 0 Å². The Labute approximate surface area is 150 Å². The number of azo groups is 1. The summed E-state index contributed by atoms with van der Waals surface area (Å²) in [7, 11) is 0. The number of rotatable bonds is 3. The van der Waals surface area contributed by atoms with Crippen molar-refractivity contribution in [2.75, 3.05) is 0 Å². The zero-order chi connectivity index (χ0) is 17.2. The number of pyridine rings is 1. The molecule has 0 atom stereocenters. The van der Waals surface area contributed by atoms with E-state index in [1.54, 1.807) is 0 Å². The van der Waals surface area contributed by atoms with Gasteiger partial charge in [-0.15, -0.1) is 10.2 Å². The zero-order valence-corrected chi connectivity index (χ0v) is 14.4. The van der Waals surface area contributed by atoms with Crippen LogP contribution in [0, 0.1) is 6.92 Å². The monoisotopic (exact) mass is 346 g/mol. The maximum atomic E-state index is 6.02. The second-order valence-electron chi connectivity index (χ2n) is 5.71. The molecular weight excluding hydrogens is 332 g/mol. The Morgan fingerprint density at radius 1 is 0.880 bits per heavy atom. The van der Waals surface area contributed by atoms with E-state index in [0.29, 0.717) is 10.8 Å². The summed E-state index contributed by atoms with van der Waals surface area (Å²) in [5.74, 6) is 0.699. The lowest BCUT2D eigenvalue weighted by Gasteiger charge is -2.00. The van der Waals surface area contributed by atoms with Crippen LogP contribution in [0.25, 0.3) is 16.9 Å². The lowest BCUT2D eigenvalue weighted by molar-refractivity contribution is 1.10. The van der Waals surface area contributed by atoms with Crippen molar-refractivity contribution in [3.8, 4) is 11.3 Å². The molecule has 4 nitrogen and oxygen atoms in total. The summed E-state index contributed by atoms with van der Waals surface area (Å²) in [6, 6.07) is 21.3. The fourth-order valence-electron chi connectivity index (χ4n) is 2.69. The Balaban J connectivity index is 1.91. The van der Waals surface area contributed by atoms with E-state index in [1.807, 2.05) is 84.3 Å². The maximum Gasteiger partial charge on any atom is 0.187 e. The van der Waals surface area contributed by atoms with Gasteiger partial charge in [0, 0.05) is 16.8 Å². The Hall–Kier alpha value is -2.98. The quantitative estimate of drug-likeness (QED) is 0.397. The zero-order valence-electron chi connectivity index (χ0n) is 13.6. The second-order valence-corrected chi connectivity index (χ2v) is 6.15. The molecule has 0 unspecified atom stereocenters. The minimum atomic E-state index is 0.691. The van der Waals surface area contributed by atoms with Crippen molar-refractivity contribution >= 4 is 28.8 Å². The number of nitrogens with zero attached hydrogens (tertiary/aromatic N) is 4. The van der Waals surface area contributed by atoms with Crippen molar-refractivity contribution < 1.29 is 0 Å². The van der Waals surface area contributed by atoms with Crippen LogP contribution in [0.2, 0.25) is 5.02 Å². The molecule has 0 radical (unpaired) electrons. The van der Waals surface area contributed by atoms with E-state index in [9.17, 15) is 0 Å². The van der Waals surface area contributed by atoms with Crippen molar-refractivity contribution in [2.45, 2.75) is 6.92 Å². The smallest absolute Gasteiger partial charge is 0.187 e. The molecule has 2 heterocycles. The highest BCUT2D eigenvalue weighted by Crippen LogP contribution is 2.33. The van der Waals surface area contributed by atoms with Crippen molar-refractivity contribution in [1.82, 2.24) is 9.38 Å².